The smallest absolute Gasteiger partial charge is 0.265 e. The Labute approximate surface area is 118 Å². The van der Waals surface area contributed by atoms with E-state index in [1.807, 2.05) is 17.8 Å². The first-order chi connectivity index (χ1) is 9.17. The Bertz CT molecular complexity index is 401. The quantitative estimate of drug-likeness (QED) is 0.423. The maximum Gasteiger partial charge on any atom is 0.265 e. The third kappa shape index (κ3) is 5.96. The van der Waals surface area contributed by atoms with E-state index in [4.69, 9.17) is 10.6 Å². The van der Waals surface area contributed by atoms with Gasteiger partial charge in [0.1, 0.15) is 12.4 Å². The summed E-state index contributed by atoms with van der Waals surface area (Å²) >= 11 is 1.83. The summed E-state index contributed by atoms with van der Waals surface area (Å²) in [7, 11) is 2.07. The molecular weight excluding hydrogens is 262 g/mol. The van der Waals surface area contributed by atoms with Crippen LogP contribution in [-0.4, -0.2) is 49.6 Å². The number of benzene rings is 1. The molecule has 3 N–H and O–H groups in total. The van der Waals surface area contributed by atoms with E-state index >= 15 is 0 Å². The summed E-state index contributed by atoms with van der Waals surface area (Å²) < 4.78 is 5.62. The van der Waals surface area contributed by atoms with Crippen LogP contribution in [0.1, 0.15) is 10.4 Å². The van der Waals surface area contributed by atoms with E-state index in [0.717, 1.165) is 18.8 Å². The summed E-state index contributed by atoms with van der Waals surface area (Å²) in [5.41, 5.74) is 2.60. The summed E-state index contributed by atoms with van der Waals surface area (Å²) in [6, 6.07) is 6.98. The fourth-order valence-electron chi connectivity index (χ4n) is 1.49. The first-order valence-electron chi connectivity index (χ1n) is 6.08. The lowest BCUT2D eigenvalue weighted by Gasteiger charge is -2.16. The number of carbonyl (C=O) groups is 1. The Morgan fingerprint density at radius 2 is 2.26 bits per heavy atom. The second kappa shape index (κ2) is 8.79. The molecule has 5 nitrogen and oxygen atoms in total. The number of nitrogens with one attached hydrogen (secondary N) is 1. The Hall–Kier alpha value is -1.24. The molecule has 0 aromatic heterocycles. The van der Waals surface area contributed by atoms with Gasteiger partial charge in [0.15, 0.2) is 0 Å². The van der Waals surface area contributed by atoms with Crippen LogP contribution < -0.4 is 16.0 Å². The Morgan fingerprint density at radius 3 is 2.95 bits per heavy atom. The van der Waals surface area contributed by atoms with Crippen LogP contribution in [0.5, 0.6) is 5.75 Å². The molecule has 1 aromatic rings. The normalized spacial score (nSPS) is 10.5. The van der Waals surface area contributed by atoms with E-state index in [2.05, 4.69) is 23.6 Å². The van der Waals surface area contributed by atoms with E-state index in [-0.39, 0.29) is 5.91 Å². The van der Waals surface area contributed by atoms with Gasteiger partial charge in [0, 0.05) is 24.4 Å². The van der Waals surface area contributed by atoms with Gasteiger partial charge < -0.3 is 9.64 Å². The van der Waals surface area contributed by atoms with Crippen molar-refractivity contribution >= 4 is 17.7 Å². The molecule has 106 valence electrons. The highest BCUT2D eigenvalue weighted by molar-refractivity contribution is 7.98. The second-order valence-electron chi connectivity index (χ2n) is 4.15. The topological polar surface area (TPSA) is 67.6 Å². The number of nitrogens with two attached hydrogens (primary N) is 1. The highest BCUT2D eigenvalue weighted by Crippen LogP contribution is 2.13. The zero-order chi connectivity index (χ0) is 14.1. The monoisotopic (exact) mass is 283 g/mol. The highest BCUT2D eigenvalue weighted by Gasteiger charge is 2.05. The number of ether oxygens (including phenoxy) is 1. The second-order valence-corrected chi connectivity index (χ2v) is 5.13. The third-order valence-electron chi connectivity index (χ3n) is 2.65. The lowest BCUT2D eigenvalue weighted by atomic mass is 10.2. The van der Waals surface area contributed by atoms with Gasteiger partial charge in [0.25, 0.3) is 5.91 Å². The molecule has 1 aromatic carbocycles. The Morgan fingerprint density at radius 1 is 1.47 bits per heavy atom. The van der Waals surface area contributed by atoms with Crippen LogP contribution >= 0.6 is 11.8 Å². The minimum Gasteiger partial charge on any atom is -0.492 e. The molecule has 0 saturated heterocycles. The Balaban J connectivity index is 2.39. The van der Waals surface area contributed by atoms with Crippen LogP contribution in [0.3, 0.4) is 0 Å². The summed E-state index contributed by atoms with van der Waals surface area (Å²) in [5.74, 6) is 6.57. The molecule has 0 atom stereocenters. The van der Waals surface area contributed by atoms with Gasteiger partial charge in [-0.1, -0.05) is 6.07 Å². The van der Waals surface area contributed by atoms with Crippen molar-refractivity contribution in [2.75, 3.05) is 38.8 Å². The molecule has 0 fully saturated rings. The number of nitrogens with zero attached hydrogens (tertiary/aromatic N) is 1. The van der Waals surface area contributed by atoms with Crippen LogP contribution in [-0.2, 0) is 0 Å². The average Bonchev–Trinajstić information content (AvgIpc) is 2.44. The van der Waals surface area contributed by atoms with E-state index in [0.29, 0.717) is 17.9 Å². The summed E-state index contributed by atoms with van der Waals surface area (Å²) in [4.78, 5) is 13.6. The van der Waals surface area contributed by atoms with Crippen LogP contribution in [0.4, 0.5) is 0 Å². The maximum absolute atomic E-state index is 11.4. The third-order valence-corrected chi connectivity index (χ3v) is 3.24. The number of hydrogen-bond acceptors (Lipinski definition) is 5. The molecule has 0 aliphatic heterocycles. The van der Waals surface area contributed by atoms with E-state index in [1.165, 1.54) is 0 Å². The molecule has 1 rings (SSSR count). The van der Waals surface area contributed by atoms with Gasteiger partial charge >= 0.3 is 0 Å². The van der Waals surface area contributed by atoms with Crippen LogP contribution in [0.15, 0.2) is 24.3 Å². The minimum atomic E-state index is -0.317. The van der Waals surface area contributed by atoms with Crippen molar-refractivity contribution in [3.63, 3.8) is 0 Å². The average molecular weight is 283 g/mol. The molecule has 0 saturated carbocycles. The van der Waals surface area contributed by atoms with E-state index < -0.39 is 0 Å². The van der Waals surface area contributed by atoms with Crippen molar-refractivity contribution < 1.29 is 9.53 Å². The summed E-state index contributed by atoms with van der Waals surface area (Å²) in [6.45, 7) is 2.49. The molecular formula is C13H21N3O2S. The SMILES string of the molecule is CSCCN(C)CCOc1cccc(C(=O)NN)c1. The van der Waals surface area contributed by atoms with Crippen molar-refractivity contribution in [1.82, 2.24) is 10.3 Å². The number of nitrogen functional groups attached to an aromatic ring is 1. The van der Waals surface area contributed by atoms with Crippen LogP contribution in [0, 0.1) is 0 Å². The number of carbonyl (C=O) groups excluding carboxylic acids is 1. The lowest BCUT2D eigenvalue weighted by molar-refractivity contribution is 0.0953. The predicted molar refractivity (Wildman–Crippen MR) is 79.5 cm³/mol. The lowest BCUT2D eigenvalue weighted by Crippen LogP contribution is -2.30. The van der Waals surface area contributed by atoms with Crippen LogP contribution in [0.2, 0.25) is 0 Å². The van der Waals surface area contributed by atoms with E-state index in [1.54, 1.807) is 18.2 Å². The molecule has 0 heterocycles. The summed E-state index contributed by atoms with van der Waals surface area (Å²) in [6.07, 6.45) is 2.10. The minimum absolute atomic E-state index is 0.317. The first-order valence-corrected chi connectivity index (χ1v) is 7.48. The maximum atomic E-state index is 11.4. The van der Waals surface area contributed by atoms with Crippen molar-refractivity contribution in [2.45, 2.75) is 0 Å². The van der Waals surface area contributed by atoms with Gasteiger partial charge in [-0.2, -0.15) is 11.8 Å². The number of rotatable bonds is 8. The molecule has 0 aliphatic rings. The molecule has 6 heteroatoms. The standard InChI is InChI=1S/C13H21N3O2S/c1-16(7-9-19-2)6-8-18-12-5-3-4-11(10-12)13(17)15-14/h3-5,10H,6-9,14H2,1-2H3,(H,15,17). The van der Waals surface area contributed by atoms with Crippen molar-refractivity contribution in [1.29, 1.82) is 0 Å². The molecule has 0 spiro atoms. The molecule has 0 aliphatic carbocycles. The molecule has 0 radical (unpaired) electrons. The van der Waals surface area contributed by atoms with Crippen molar-refractivity contribution in [3.05, 3.63) is 29.8 Å². The predicted octanol–water partition coefficient (Wildman–Crippen LogP) is 0.964. The number of likely N-dealkylation sites (N-methyl/N-ethyl adjacent to an activating group) is 1. The van der Waals surface area contributed by atoms with E-state index in [9.17, 15) is 4.79 Å². The highest BCUT2D eigenvalue weighted by atomic mass is 32.2. The number of thioether (sulfide) groups is 1. The molecule has 0 bridgehead atoms. The number of hydrogen-bond donors (Lipinski definition) is 2. The number of hydrazine groups is 1. The summed E-state index contributed by atoms with van der Waals surface area (Å²) in [5, 5.41) is 0. The molecule has 19 heavy (non-hydrogen) atoms. The van der Waals surface area contributed by atoms with Gasteiger partial charge in [-0.05, 0) is 31.5 Å². The first kappa shape index (κ1) is 15.8. The fourth-order valence-corrected chi connectivity index (χ4v) is 1.98. The van der Waals surface area contributed by atoms with Gasteiger partial charge in [-0.3, -0.25) is 10.2 Å². The van der Waals surface area contributed by atoms with Gasteiger partial charge in [0.05, 0.1) is 0 Å². The molecule has 0 unspecified atom stereocenters. The zero-order valence-corrected chi connectivity index (χ0v) is 12.2. The zero-order valence-electron chi connectivity index (χ0n) is 11.4. The molecule has 1 amide bonds. The number of amides is 1. The van der Waals surface area contributed by atoms with Crippen molar-refractivity contribution in [3.8, 4) is 5.75 Å². The largest absolute Gasteiger partial charge is 0.492 e. The van der Waals surface area contributed by atoms with Crippen LogP contribution in [0.25, 0.3) is 0 Å². The van der Waals surface area contributed by atoms with Gasteiger partial charge in [-0.25, -0.2) is 5.84 Å². The van der Waals surface area contributed by atoms with Gasteiger partial charge in [0.2, 0.25) is 0 Å². The fraction of sp³-hybridized carbons (Fsp3) is 0.462. The Kier molecular flexibility index (Phi) is 7.32. The van der Waals surface area contributed by atoms with Crippen molar-refractivity contribution in [2.24, 2.45) is 5.84 Å². The van der Waals surface area contributed by atoms with Gasteiger partial charge in [-0.15, -0.1) is 0 Å².